The van der Waals surface area contributed by atoms with Crippen molar-refractivity contribution in [1.82, 2.24) is 4.90 Å². The van der Waals surface area contributed by atoms with Crippen LogP contribution >= 0.6 is 0 Å². The number of anilines is 2. The molecule has 5 heteroatoms. The number of nitrogens with zero attached hydrogens (tertiary/aromatic N) is 2. The first-order valence-corrected chi connectivity index (χ1v) is 7.58. The van der Waals surface area contributed by atoms with Crippen LogP contribution in [0.2, 0.25) is 0 Å². The van der Waals surface area contributed by atoms with Gasteiger partial charge in [0.2, 0.25) is 5.91 Å². The summed E-state index contributed by atoms with van der Waals surface area (Å²) in [5.41, 5.74) is 8.93. The number of amides is 3. The Hall–Kier alpha value is -2.82. The monoisotopic (exact) mass is 309 g/mol. The summed E-state index contributed by atoms with van der Waals surface area (Å²) in [6.07, 6.45) is 0.328. The molecule has 1 aliphatic rings. The Morgan fingerprint density at radius 2 is 1.74 bits per heavy atom. The third-order valence-electron chi connectivity index (χ3n) is 4.02. The Morgan fingerprint density at radius 3 is 2.43 bits per heavy atom. The molecule has 0 spiro atoms. The van der Waals surface area contributed by atoms with Crippen LogP contribution in [0.25, 0.3) is 0 Å². The van der Waals surface area contributed by atoms with Crippen LogP contribution in [0.1, 0.15) is 17.5 Å². The van der Waals surface area contributed by atoms with Gasteiger partial charge in [0.15, 0.2) is 0 Å². The highest BCUT2D eigenvalue weighted by atomic mass is 16.2. The lowest BCUT2D eigenvalue weighted by atomic mass is 10.1. The van der Waals surface area contributed by atoms with Crippen LogP contribution in [0, 0.1) is 6.92 Å². The van der Waals surface area contributed by atoms with Crippen molar-refractivity contribution in [2.24, 2.45) is 0 Å². The highest BCUT2D eigenvalue weighted by Crippen LogP contribution is 2.25. The van der Waals surface area contributed by atoms with E-state index in [-0.39, 0.29) is 11.9 Å². The topological polar surface area (TPSA) is 66.6 Å². The van der Waals surface area contributed by atoms with Crippen molar-refractivity contribution in [3.8, 4) is 0 Å². The lowest BCUT2D eigenvalue weighted by Gasteiger charge is -2.34. The average molecular weight is 309 g/mol. The van der Waals surface area contributed by atoms with Crippen molar-refractivity contribution in [2.75, 3.05) is 17.2 Å². The molecule has 2 N–H and O–H groups in total. The quantitative estimate of drug-likeness (QED) is 0.886. The number of nitrogens with two attached hydrogens (primary N) is 1. The van der Waals surface area contributed by atoms with Crippen LogP contribution in [0.5, 0.6) is 0 Å². The molecule has 3 rings (SSSR count). The van der Waals surface area contributed by atoms with Crippen molar-refractivity contribution >= 4 is 23.3 Å². The molecule has 0 radical (unpaired) electrons. The van der Waals surface area contributed by atoms with Crippen molar-refractivity contribution < 1.29 is 9.59 Å². The van der Waals surface area contributed by atoms with Crippen molar-refractivity contribution in [3.63, 3.8) is 0 Å². The largest absolute Gasteiger partial charge is 0.399 e. The van der Waals surface area contributed by atoms with E-state index in [1.807, 2.05) is 49.4 Å². The minimum absolute atomic E-state index is 0.155. The SMILES string of the molecule is Cc1ccccc1N1C(=O)CCN(Cc2ccc(N)cc2)C1=O. The first-order valence-electron chi connectivity index (χ1n) is 7.58. The van der Waals surface area contributed by atoms with E-state index in [2.05, 4.69) is 0 Å². The third-order valence-corrected chi connectivity index (χ3v) is 4.02. The van der Waals surface area contributed by atoms with E-state index >= 15 is 0 Å². The second-order valence-electron chi connectivity index (χ2n) is 5.71. The second-order valence-corrected chi connectivity index (χ2v) is 5.71. The maximum Gasteiger partial charge on any atom is 0.331 e. The summed E-state index contributed by atoms with van der Waals surface area (Å²) in [6, 6.07) is 14.6. The Kier molecular flexibility index (Phi) is 4.02. The van der Waals surface area contributed by atoms with Crippen molar-refractivity contribution in [1.29, 1.82) is 0 Å². The summed E-state index contributed by atoms with van der Waals surface area (Å²) < 4.78 is 0. The molecule has 2 aromatic carbocycles. The smallest absolute Gasteiger partial charge is 0.331 e. The van der Waals surface area contributed by atoms with Crippen molar-refractivity contribution in [3.05, 3.63) is 59.7 Å². The van der Waals surface area contributed by atoms with E-state index in [1.165, 1.54) is 4.90 Å². The summed E-state index contributed by atoms with van der Waals surface area (Å²) in [4.78, 5) is 28.0. The van der Waals surface area contributed by atoms with Gasteiger partial charge in [-0.3, -0.25) is 4.79 Å². The van der Waals surface area contributed by atoms with Gasteiger partial charge in [0.05, 0.1) is 5.69 Å². The summed E-state index contributed by atoms with van der Waals surface area (Å²) in [7, 11) is 0. The van der Waals surface area contributed by atoms with Crippen LogP contribution in [0.15, 0.2) is 48.5 Å². The van der Waals surface area contributed by atoms with Crippen LogP contribution in [0.4, 0.5) is 16.2 Å². The number of benzene rings is 2. The lowest BCUT2D eigenvalue weighted by Crippen LogP contribution is -2.52. The number of carbonyl (C=O) groups excluding carboxylic acids is 2. The minimum atomic E-state index is -0.271. The number of nitrogen functional groups attached to an aromatic ring is 1. The van der Waals surface area contributed by atoms with E-state index in [0.29, 0.717) is 30.9 Å². The molecule has 0 aromatic heterocycles. The molecule has 5 nitrogen and oxygen atoms in total. The second kappa shape index (κ2) is 6.12. The van der Waals surface area contributed by atoms with Gasteiger partial charge in [0.25, 0.3) is 0 Å². The first-order chi connectivity index (χ1) is 11.1. The molecule has 1 saturated heterocycles. The number of urea groups is 1. The fraction of sp³-hybridized carbons (Fsp3) is 0.222. The number of imide groups is 1. The number of aryl methyl sites for hydroxylation is 1. The zero-order valence-corrected chi connectivity index (χ0v) is 13.0. The Labute approximate surface area is 135 Å². The summed E-state index contributed by atoms with van der Waals surface area (Å²) in [5, 5.41) is 0. The first kappa shape index (κ1) is 15.1. The van der Waals surface area contributed by atoms with E-state index in [4.69, 9.17) is 5.73 Å². The molecule has 2 aromatic rings. The number of carbonyl (C=O) groups is 2. The van der Waals surface area contributed by atoms with E-state index in [1.54, 1.807) is 11.0 Å². The molecule has 1 heterocycles. The highest BCUT2D eigenvalue weighted by molar-refractivity contribution is 6.16. The molecule has 1 aliphatic heterocycles. The Bertz CT molecular complexity index is 740. The molecular formula is C18H19N3O2. The number of hydrogen-bond donors (Lipinski definition) is 1. The zero-order valence-electron chi connectivity index (χ0n) is 13.0. The molecular weight excluding hydrogens is 290 g/mol. The van der Waals surface area contributed by atoms with Gasteiger partial charge in [-0.2, -0.15) is 0 Å². The summed E-state index contributed by atoms with van der Waals surface area (Å²) in [6.45, 7) is 2.80. The van der Waals surface area contributed by atoms with Gasteiger partial charge in [-0.15, -0.1) is 0 Å². The predicted molar refractivity (Wildman–Crippen MR) is 89.9 cm³/mol. The van der Waals surface area contributed by atoms with Crippen LogP contribution in [-0.4, -0.2) is 23.4 Å². The van der Waals surface area contributed by atoms with Crippen molar-refractivity contribution in [2.45, 2.75) is 19.9 Å². The van der Waals surface area contributed by atoms with Gasteiger partial charge in [-0.1, -0.05) is 30.3 Å². The number of para-hydroxylation sites is 1. The number of hydrogen-bond acceptors (Lipinski definition) is 3. The van der Waals surface area contributed by atoms with Gasteiger partial charge >= 0.3 is 6.03 Å². The predicted octanol–water partition coefficient (Wildman–Crippen LogP) is 2.94. The maximum atomic E-state index is 12.8. The van der Waals surface area contributed by atoms with Gasteiger partial charge < -0.3 is 10.6 Å². The fourth-order valence-electron chi connectivity index (χ4n) is 2.73. The summed E-state index contributed by atoms with van der Waals surface area (Å²) in [5.74, 6) is -0.155. The van der Waals surface area contributed by atoms with Gasteiger partial charge in [0, 0.05) is 25.2 Å². The molecule has 0 unspecified atom stereocenters. The zero-order chi connectivity index (χ0) is 16.4. The molecule has 0 bridgehead atoms. The third kappa shape index (κ3) is 3.04. The van der Waals surface area contributed by atoms with Crippen LogP contribution in [-0.2, 0) is 11.3 Å². The van der Waals surface area contributed by atoms with Crippen LogP contribution < -0.4 is 10.6 Å². The van der Waals surface area contributed by atoms with E-state index < -0.39 is 0 Å². The molecule has 1 fully saturated rings. The van der Waals surface area contributed by atoms with Gasteiger partial charge in [-0.25, -0.2) is 9.69 Å². The molecule has 0 saturated carbocycles. The molecule has 118 valence electrons. The standard InChI is InChI=1S/C18H19N3O2/c1-13-4-2-3-5-16(13)21-17(22)10-11-20(18(21)23)12-14-6-8-15(19)9-7-14/h2-9H,10-12,19H2,1H3. The molecule has 3 amide bonds. The molecule has 23 heavy (non-hydrogen) atoms. The van der Waals surface area contributed by atoms with E-state index in [9.17, 15) is 9.59 Å². The lowest BCUT2D eigenvalue weighted by molar-refractivity contribution is -0.119. The maximum absolute atomic E-state index is 12.8. The van der Waals surface area contributed by atoms with Gasteiger partial charge in [-0.05, 0) is 36.2 Å². The summed E-state index contributed by atoms with van der Waals surface area (Å²) >= 11 is 0. The minimum Gasteiger partial charge on any atom is -0.399 e. The fourth-order valence-corrected chi connectivity index (χ4v) is 2.73. The van der Waals surface area contributed by atoms with Crippen LogP contribution in [0.3, 0.4) is 0 Å². The molecule has 0 aliphatic carbocycles. The van der Waals surface area contributed by atoms with E-state index in [0.717, 1.165) is 11.1 Å². The number of rotatable bonds is 3. The molecule has 0 atom stereocenters. The van der Waals surface area contributed by atoms with Gasteiger partial charge in [0.1, 0.15) is 0 Å². The normalized spacial score (nSPS) is 15.2. The Balaban J connectivity index is 1.84. The average Bonchev–Trinajstić information content (AvgIpc) is 2.54. The highest BCUT2D eigenvalue weighted by Gasteiger charge is 2.33. The Morgan fingerprint density at radius 1 is 1.04 bits per heavy atom.